The van der Waals surface area contributed by atoms with Crippen LogP contribution in [-0.2, 0) is 4.79 Å². The van der Waals surface area contributed by atoms with Crippen LogP contribution in [0.3, 0.4) is 0 Å². The van der Waals surface area contributed by atoms with Gasteiger partial charge in [0.15, 0.2) is 0 Å². The smallest absolute Gasteiger partial charge is 0.224 e. The Morgan fingerprint density at radius 1 is 1.40 bits per heavy atom. The number of carbonyl (C=O) groups is 1. The Bertz CT molecular complexity index is 229. The standard InChI is InChI=1S/C11H20N2OS/c12-10-3-1-2-9(10)11(14)13-6-8-4-5-15-7-8/h8-10H,1-7,12H2,(H,13,14). The van der Waals surface area contributed by atoms with E-state index in [0.717, 1.165) is 25.8 Å². The molecular formula is C11H20N2OS. The third-order valence-electron chi connectivity index (χ3n) is 3.50. The quantitative estimate of drug-likeness (QED) is 0.757. The lowest BCUT2D eigenvalue weighted by molar-refractivity contribution is -0.125. The van der Waals surface area contributed by atoms with Gasteiger partial charge < -0.3 is 11.1 Å². The first-order chi connectivity index (χ1) is 7.27. The first-order valence-corrected chi connectivity index (χ1v) is 7.04. The number of amides is 1. The van der Waals surface area contributed by atoms with Gasteiger partial charge in [-0.1, -0.05) is 6.42 Å². The van der Waals surface area contributed by atoms with Gasteiger partial charge in [-0.15, -0.1) is 0 Å². The summed E-state index contributed by atoms with van der Waals surface area (Å²) in [6.07, 6.45) is 4.35. The number of rotatable bonds is 3. The van der Waals surface area contributed by atoms with E-state index in [0.29, 0.717) is 5.92 Å². The molecule has 86 valence electrons. The average Bonchev–Trinajstić information content (AvgIpc) is 2.84. The molecule has 15 heavy (non-hydrogen) atoms. The molecule has 2 rings (SSSR count). The summed E-state index contributed by atoms with van der Waals surface area (Å²) in [5.74, 6) is 3.42. The van der Waals surface area contributed by atoms with Gasteiger partial charge in [0.1, 0.15) is 0 Å². The van der Waals surface area contributed by atoms with E-state index in [1.165, 1.54) is 17.9 Å². The van der Waals surface area contributed by atoms with Crippen LogP contribution in [-0.4, -0.2) is 30.0 Å². The largest absolute Gasteiger partial charge is 0.356 e. The van der Waals surface area contributed by atoms with Gasteiger partial charge in [0, 0.05) is 12.6 Å². The van der Waals surface area contributed by atoms with Crippen molar-refractivity contribution in [1.82, 2.24) is 5.32 Å². The molecule has 0 aromatic heterocycles. The number of nitrogens with two attached hydrogens (primary N) is 1. The van der Waals surface area contributed by atoms with Crippen LogP contribution in [0.1, 0.15) is 25.7 Å². The molecule has 1 amide bonds. The Morgan fingerprint density at radius 3 is 2.87 bits per heavy atom. The van der Waals surface area contributed by atoms with Gasteiger partial charge in [-0.3, -0.25) is 4.79 Å². The molecule has 1 aliphatic carbocycles. The van der Waals surface area contributed by atoms with Crippen molar-refractivity contribution in [3.63, 3.8) is 0 Å². The SMILES string of the molecule is NC1CCCC1C(=O)NCC1CCSC1. The summed E-state index contributed by atoms with van der Waals surface area (Å²) in [4.78, 5) is 11.8. The minimum atomic E-state index is 0.0825. The predicted octanol–water partition coefficient (Wildman–Crippen LogP) is 0.983. The van der Waals surface area contributed by atoms with Gasteiger partial charge in [0.25, 0.3) is 0 Å². The zero-order chi connectivity index (χ0) is 10.7. The minimum absolute atomic E-state index is 0.0825. The van der Waals surface area contributed by atoms with Crippen molar-refractivity contribution in [2.24, 2.45) is 17.6 Å². The summed E-state index contributed by atoms with van der Waals surface area (Å²) in [5.41, 5.74) is 5.90. The topological polar surface area (TPSA) is 55.1 Å². The van der Waals surface area contributed by atoms with Crippen molar-refractivity contribution in [3.8, 4) is 0 Å². The third kappa shape index (κ3) is 2.88. The molecule has 0 aromatic carbocycles. The van der Waals surface area contributed by atoms with E-state index < -0.39 is 0 Å². The van der Waals surface area contributed by atoms with Crippen LogP contribution in [0.5, 0.6) is 0 Å². The highest BCUT2D eigenvalue weighted by atomic mass is 32.2. The molecule has 1 heterocycles. The Labute approximate surface area is 95.6 Å². The number of carbonyl (C=O) groups excluding carboxylic acids is 1. The molecule has 3 atom stereocenters. The zero-order valence-electron chi connectivity index (χ0n) is 9.08. The maximum absolute atomic E-state index is 11.8. The first kappa shape index (κ1) is 11.3. The number of hydrogen-bond acceptors (Lipinski definition) is 3. The van der Waals surface area contributed by atoms with E-state index in [-0.39, 0.29) is 17.9 Å². The van der Waals surface area contributed by atoms with Crippen molar-refractivity contribution in [2.45, 2.75) is 31.7 Å². The lowest BCUT2D eigenvalue weighted by Crippen LogP contribution is -2.40. The van der Waals surface area contributed by atoms with E-state index in [4.69, 9.17) is 5.73 Å². The van der Waals surface area contributed by atoms with Crippen LogP contribution in [0.15, 0.2) is 0 Å². The summed E-state index contributed by atoms with van der Waals surface area (Å²) in [5, 5.41) is 3.06. The molecule has 1 saturated carbocycles. The van der Waals surface area contributed by atoms with Gasteiger partial charge in [0.2, 0.25) is 5.91 Å². The summed E-state index contributed by atoms with van der Waals surface area (Å²) in [6, 6.07) is 0.1000. The fourth-order valence-electron chi connectivity index (χ4n) is 2.43. The lowest BCUT2D eigenvalue weighted by atomic mass is 10.0. The second kappa shape index (κ2) is 5.21. The summed E-state index contributed by atoms with van der Waals surface area (Å²) in [6.45, 7) is 0.856. The fraction of sp³-hybridized carbons (Fsp3) is 0.909. The molecule has 0 bridgehead atoms. The lowest BCUT2D eigenvalue weighted by Gasteiger charge is -2.16. The molecule has 3 N–H and O–H groups in total. The Hall–Kier alpha value is -0.220. The Kier molecular flexibility index (Phi) is 3.92. The van der Waals surface area contributed by atoms with E-state index in [1.54, 1.807) is 0 Å². The van der Waals surface area contributed by atoms with E-state index in [2.05, 4.69) is 5.32 Å². The molecule has 3 nitrogen and oxygen atoms in total. The third-order valence-corrected chi connectivity index (χ3v) is 4.73. The first-order valence-electron chi connectivity index (χ1n) is 5.88. The second-order valence-electron chi connectivity index (χ2n) is 4.68. The average molecular weight is 228 g/mol. The molecular weight excluding hydrogens is 208 g/mol. The number of hydrogen-bond donors (Lipinski definition) is 2. The molecule has 4 heteroatoms. The normalized spacial score (nSPS) is 35.7. The maximum Gasteiger partial charge on any atom is 0.224 e. The van der Waals surface area contributed by atoms with Crippen molar-refractivity contribution >= 4 is 17.7 Å². The Balaban J connectivity index is 1.71. The number of nitrogens with one attached hydrogen (secondary N) is 1. The molecule has 1 aliphatic heterocycles. The molecule has 1 saturated heterocycles. The predicted molar refractivity (Wildman–Crippen MR) is 63.8 cm³/mol. The summed E-state index contributed by atoms with van der Waals surface area (Å²) < 4.78 is 0. The van der Waals surface area contributed by atoms with Gasteiger partial charge in [0.05, 0.1) is 5.92 Å². The highest BCUT2D eigenvalue weighted by Crippen LogP contribution is 2.25. The van der Waals surface area contributed by atoms with Gasteiger partial charge in [-0.05, 0) is 36.7 Å². The maximum atomic E-state index is 11.8. The van der Waals surface area contributed by atoms with Crippen molar-refractivity contribution < 1.29 is 4.79 Å². The van der Waals surface area contributed by atoms with Crippen LogP contribution in [0.2, 0.25) is 0 Å². The fourth-order valence-corrected chi connectivity index (χ4v) is 3.72. The van der Waals surface area contributed by atoms with Crippen LogP contribution >= 0.6 is 11.8 Å². The number of thioether (sulfide) groups is 1. The van der Waals surface area contributed by atoms with Crippen molar-refractivity contribution in [2.75, 3.05) is 18.1 Å². The van der Waals surface area contributed by atoms with E-state index in [1.807, 2.05) is 11.8 Å². The van der Waals surface area contributed by atoms with Gasteiger partial charge >= 0.3 is 0 Å². The van der Waals surface area contributed by atoms with Gasteiger partial charge in [-0.2, -0.15) is 11.8 Å². The zero-order valence-corrected chi connectivity index (χ0v) is 9.89. The summed E-state index contributed by atoms with van der Waals surface area (Å²) >= 11 is 1.99. The monoisotopic (exact) mass is 228 g/mol. The van der Waals surface area contributed by atoms with Crippen molar-refractivity contribution in [3.05, 3.63) is 0 Å². The molecule has 2 fully saturated rings. The molecule has 0 spiro atoms. The van der Waals surface area contributed by atoms with Crippen LogP contribution < -0.4 is 11.1 Å². The van der Waals surface area contributed by atoms with E-state index in [9.17, 15) is 4.79 Å². The highest BCUT2D eigenvalue weighted by molar-refractivity contribution is 7.99. The van der Waals surface area contributed by atoms with Crippen molar-refractivity contribution in [1.29, 1.82) is 0 Å². The second-order valence-corrected chi connectivity index (χ2v) is 5.83. The molecule has 2 aliphatic rings. The highest BCUT2D eigenvalue weighted by Gasteiger charge is 2.30. The minimum Gasteiger partial charge on any atom is -0.356 e. The molecule has 0 radical (unpaired) electrons. The van der Waals surface area contributed by atoms with E-state index >= 15 is 0 Å². The molecule has 0 aromatic rings. The van der Waals surface area contributed by atoms with Crippen LogP contribution in [0, 0.1) is 11.8 Å². The van der Waals surface area contributed by atoms with Crippen LogP contribution in [0.25, 0.3) is 0 Å². The summed E-state index contributed by atoms with van der Waals surface area (Å²) in [7, 11) is 0. The molecule has 3 unspecified atom stereocenters. The Morgan fingerprint density at radius 2 is 2.27 bits per heavy atom. The van der Waals surface area contributed by atoms with Gasteiger partial charge in [-0.25, -0.2) is 0 Å². The van der Waals surface area contributed by atoms with Crippen LogP contribution in [0.4, 0.5) is 0 Å².